The highest BCUT2D eigenvalue weighted by Gasteiger charge is 2.39. The number of halogens is 3. The van der Waals surface area contributed by atoms with Crippen molar-refractivity contribution in [1.82, 2.24) is 14.7 Å². The number of carbonyl (C=O) groups is 2. The van der Waals surface area contributed by atoms with Crippen molar-refractivity contribution < 1.29 is 22.8 Å². The van der Waals surface area contributed by atoms with E-state index in [1.165, 1.54) is 11.0 Å². The summed E-state index contributed by atoms with van der Waals surface area (Å²) in [5.74, 6) is -0.331. The van der Waals surface area contributed by atoms with Gasteiger partial charge >= 0.3 is 6.18 Å². The van der Waals surface area contributed by atoms with Gasteiger partial charge in [-0.05, 0) is 43.6 Å². The molecule has 0 N–H and O–H groups in total. The van der Waals surface area contributed by atoms with Crippen LogP contribution in [0.1, 0.15) is 30.9 Å². The van der Waals surface area contributed by atoms with Gasteiger partial charge in [-0.25, -0.2) is 0 Å². The Balaban J connectivity index is 1.63. The molecule has 0 aliphatic carbocycles. The van der Waals surface area contributed by atoms with Gasteiger partial charge in [-0.2, -0.15) is 13.2 Å². The van der Waals surface area contributed by atoms with E-state index in [1.54, 1.807) is 18.0 Å². The predicted molar refractivity (Wildman–Crippen MR) is 103 cm³/mol. The van der Waals surface area contributed by atoms with Gasteiger partial charge in [-0.3, -0.25) is 9.59 Å². The Morgan fingerprint density at radius 2 is 2.00 bits per heavy atom. The van der Waals surface area contributed by atoms with Gasteiger partial charge in [0, 0.05) is 39.1 Å². The summed E-state index contributed by atoms with van der Waals surface area (Å²) in [6.45, 7) is 4.31. The molecule has 5 nitrogen and oxygen atoms in total. The molecule has 2 aliphatic rings. The van der Waals surface area contributed by atoms with Gasteiger partial charge < -0.3 is 14.7 Å². The molecule has 8 heteroatoms. The van der Waals surface area contributed by atoms with E-state index in [0.29, 0.717) is 11.5 Å². The van der Waals surface area contributed by atoms with Crippen LogP contribution in [-0.4, -0.2) is 66.3 Å². The molecule has 2 saturated heterocycles. The molecule has 2 aliphatic heterocycles. The molecular formula is C21H28F3N3O2. The lowest BCUT2D eigenvalue weighted by Gasteiger charge is -2.40. The van der Waals surface area contributed by atoms with Crippen molar-refractivity contribution in [2.45, 2.75) is 38.5 Å². The average Bonchev–Trinajstić information content (AvgIpc) is 3.00. The Morgan fingerprint density at radius 3 is 2.66 bits per heavy atom. The zero-order chi connectivity index (χ0) is 21.3. The maximum absolute atomic E-state index is 13.0. The first kappa shape index (κ1) is 21.6. The molecule has 0 spiro atoms. The highest BCUT2D eigenvalue weighted by Crippen LogP contribution is 2.31. The molecule has 0 unspecified atom stereocenters. The zero-order valence-electron chi connectivity index (χ0n) is 17.1. The van der Waals surface area contributed by atoms with Crippen LogP contribution in [0.5, 0.6) is 0 Å². The smallest absolute Gasteiger partial charge is 0.342 e. The van der Waals surface area contributed by atoms with E-state index in [4.69, 9.17) is 0 Å². The number of rotatable bonds is 4. The number of alkyl halides is 3. The molecule has 2 heterocycles. The number of nitrogens with zero attached hydrogens (tertiary/aromatic N) is 3. The summed E-state index contributed by atoms with van der Waals surface area (Å²) in [6, 6.07) is 5.14. The largest absolute Gasteiger partial charge is 0.416 e. The molecule has 2 fully saturated rings. The summed E-state index contributed by atoms with van der Waals surface area (Å²) < 4.78 is 38.7. The maximum Gasteiger partial charge on any atom is 0.416 e. The second-order valence-electron chi connectivity index (χ2n) is 8.42. The third-order valence-electron chi connectivity index (χ3n) is 6.10. The van der Waals surface area contributed by atoms with Crippen LogP contribution in [0.2, 0.25) is 0 Å². The SMILES string of the molecule is C[C@@H]1CN(C)CC[C@H]1N(C)C(=O)[C@H]1CC(=O)N(Cc2cccc(C(F)(F)F)c2)C1. The molecule has 0 saturated carbocycles. The molecular weight excluding hydrogens is 383 g/mol. The van der Waals surface area contributed by atoms with Crippen LogP contribution in [0.15, 0.2) is 24.3 Å². The number of likely N-dealkylation sites (tertiary alicyclic amines) is 2. The summed E-state index contributed by atoms with van der Waals surface area (Å²) in [4.78, 5) is 30.9. The quantitative estimate of drug-likeness (QED) is 0.765. The van der Waals surface area contributed by atoms with Crippen molar-refractivity contribution in [2.24, 2.45) is 11.8 Å². The van der Waals surface area contributed by atoms with Crippen molar-refractivity contribution in [1.29, 1.82) is 0 Å². The number of carbonyl (C=O) groups excluding carboxylic acids is 2. The number of benzene rings is 1. The van der Waals surface area contributed by atoms with Gasteiger partial charge in [0.25, 0.3) is 0 Å². The Labute approximate surface area is 169 Å². The van der Waals surface area contributed by atoms with Crippen molar-refractivity contribution >= 4 is 11.8 Å². The minimum absolute atomic E-state index is 0.0497. The molecule has 1 aromatic rings. The van der Waals surface area contributed by atoms with E-state index in [9.17, 15) is 22.8 Å². The highest BCUT2D eigenvalue weighted by molar-refractivity contribution is 5.89. The molecule has 3 atom stereocenters. The molecule has 0 radical (unpaired) electrons. The monoisotopic (exact) mass is 411 g/mol. The van der Waals surface area contributed by atoms with E-state index in [2.05, 4.69) is 18.9 Å². The lowest BCUT2D eigenvalue weighted by molar-refractivity contribution is -0.138. The van der Waals surface area contributed by atoms with Crippen molar-refractivity contribution in [3.63, 3.8) is 0 Å². The number of piperidine rings is 1. The van der Waals surface area contributed by atoms with E-state index < -0.39 is 17.7 Å². The van der Waals surface area contributed by atoms with Crippen molar-refractivity contribution in [3.8, 4) is 0 Å². The third kappa shape index (κ3) is 4.91. The Kier molecular flexibility index (Phi) is 6.22. The third-order valence-corrected chi connectivity index (χ3v) is 6.10. The van der Waals surface area contributed by atoms with Crippen LogP contribution in [0.25, 0.3) is 0 Å². The second-order valence-corrected chi connectivity index (χ2v) is 8.42. The summed E-state index contributed by atoms with van der Waals surface area (Å²) in [6.07, 6.45) is -3.41. The second kappa shape index (κ2) is 8.34. The molecule has 29 heavy (non-hydrogen) atoms. The van der Waals surface area contributed by atoms with Crippen LogP contribution in [0.4, 0.5) is 13.2 Å². The van der Waals surface area contributed by atoms with E-state index >= 15 is 0 Å². The number of hydrogen-bond donors (Lipinski definition) is 0. The molecule has 2 amide bonds. The highest BCUT2D eigenvalue weighted by atomic mass is 19.4. The molecule has 0 aromatic heterocycles. The minimum atomic E-state index is -4.42. The van der Waals surface area contributed by atoms with Crippen LogP contribution >= 0.6 is 0 Å². The van der Waals surface area contributed by atoms with Crippen molar-refractivity contribution in [3.05, 3.63) is 35.4 Å². The Hall–Kier alpha value is -2.09. The number of hydrogen-bond acceptors (Lipinski definition) is 3. The first-order valence-electron chi connectivity index (χ1n) is 9.95. The molecule has 3 rings (SSSR count). The van der Waals surface area contributed by atoms with Crippen LogP contribution < -0.4 is 0 Å². The van der Waals surface area contributed by atoms with E-state index in [1.807, 2.05) is 0 Å². The fourth-order valence-electron chi connectivity index (χ4n) is 4.53. The fraction of sp³-hybridized carbons (Fsp3) is 0.619. The van der Waals surface area contributed by atoms with Crippen molar-refractivity contribution in [2.75, 3.05) is 33.7 Å². The average molecular weight is 411 g/mol. The van der Waals surface area contributed by atoms with E-state index in [0.717, 1.165) is 31.6 Å². The molecule has 0 bridgehead atoms. The van der Waals surface area contributed by atoms with Gasteiger partial charge in [-0.1, -0.05) is 19.1 Å². The van der Waals surface area contributed by atoms with Gasteiger partial charge in [0.05, 0.1) is 11.5 Å². The van der Waals surface area contributed by atoms with Crippen LogP contribution in [0, 0.1) is 11.8 Å². The van der Waals surface area contributed by atoms with Gasteiger partial charge in [-0.15, -0.1) is 0 Å². The summed E-state index contributed by atoms with van der Waals surface area (Å²) in [5.41, 5.74) is -0.316. The predicted octanol–water partition coefficient (Wildman–Crippen LogP) is 2.85. The van der Waals surface area contributed by atoms with Gasteiger partial charge in [0.15, 0.2) is 0 Å². The standard InChI is InChI=1S/C21H28F3N3O2/c1-14-11-25(2)8-7-18(14)26(3)20(29)16-10-19(28)27(13-16)12-15-5-4-6-17(9-15)21(22,23)24/h4-6,9,14,16,18H,7-8,10-13H2,1-3H3/t14-,16+,18-/m1/s1. The minimum Gasteiger partial charge on any atom is -0.342 e. The Morgan fingerprint density at radius 1 is 1.28 bits per heavy atom. The molecule has 1 aromatic carbocycles. The first-order chi connectivity index (χ1) is 13.6. The van der Waals surface area contributed by atoms with Crippen LogP contribution in [-0.2, 0) is 22.3 Å². The normalized spacial score (nSPS) is 26.1. The molecule has 160 valence electrons. The fourth-order valence-corrected chi connectivity index (χ4v) is 4.53. The van der Waals surface area contributed by atoms with Gasteiger partial charge in [0.2, 0.25) is 11.8 Å². The topological polar surface area (TPSA) is 43.9 Å². The lowest BCUT2D eigenvalue weighted by atomic mass is 9.92. The number of amides is 2. The van der Waals surface area contributed by atoms with E-state index in [-0.39, 0.29) is 37.4 Å². The first-order valence-corrected chi connectivity index (χ1v) is 9.95. The summed E-state index contributed by atoms with van der Waals surface area (Å²) in [5, 5.41) is 0. The lowest BCUT2D eigenvalue weighted by Crippen LogP contribution is -2.51. The van der Waals surface area contributed by atoms with Gasteiger partial charge in [0.1, 0.15) is 0 Å². The zero-order valence-corrected chi connectivity index (χ0v) is 17.1. The summed E-state index contributed by atoms with van der Waals surface area (Å²) >= 11 is 0. The Bertz CT molecular complexity index is 768. The maximum atomic E-state index is 13.0. The summed E-state index contributed by atoms with van der Waals surface area (Å²) in [7, 11) is 3.87. The van der Waals surface area contributed by atoms with Crippen LogP contribution in [0.3, 0.4) is 0 Å².